The lowest BCUT2D eigenvalue weighted by atomic mass is 9.96. The fourth-order valence-electron chi connectivity index (χ4n) is 2.74. The van der Waals surface area contributed by atoms with Crippen LogP contribution in [0.4, 0.5) is 11.4 Å². The highest BCUT2D eigenvalue weighted by atomic mass is 35.5. The van der Waals surface area contributed by atoms with E-state index in [9.17, 15) is 29.8 Å². The quantitative estimate of drug-likeness (QED) is 0.432. The molecule has 1 aromatic rings. The zero-order chi connectivity index (χ0) is 19.4. The van der Waals surface area contributed by atoms with Crippen LogP contribution < -0.4 is 0 Å². The summed E-state index contributed by atoms with van der Waals surface area (Å²) in [7, 11) is 0. The maximum atomic E-state index is 12.7. The molecular formula is C15H16ClN3O7. The van der Waals surface area contributed by atoms with Gasteiger partial charge in [0, 0.05) is 19.2 Å². The van der Waals surface area contributed by atoms with E-state index in [1.54, 1.807) is 6.92 Å². The summed E-state index contributed by atoms with van der Waals surface area (Å²) in [5.74, 6) is -1.30. The predicted molar refractivity (Wildman–Crippen MR) is 90.0 cm³/mol. The molecule has 1 aromatic carbocycles. The SMILES string of the molecule is CCOC(=O)C1CCN(C(=O)c2cc([N+](=O)[O-])cc([N+](=O)[O-])c2Cl)CC1. The number of likely N-dealkylation sites (tertiary alicyclic amines) is 1. The fourth-order valence-corrected chi connectivity index (χ4v) is 3.00. The van der Waals surface area contributed by atoms with Gasteiger partial charge in [-0.1, -0.05) is 11.6 Å². The number of nitro benzene ring substituents is 2. The Morgan fingerprint density at radius 1 is 1.23 bits per heavy atom. The van der Waals surface area contributed by atoms with Crippen LogP contribution >= 0.6 is 11.6 Å². The summed E-state index contributed by atoms with van der Waals surface area (Å²) in [5.41, 5.74) is -1.60. The topological polar surface area (TPSA) is 133 Å². The number of rotatable bonds is 5. The summed E-state index contributed by atoms with van der Waals surface area (Å²) in [5, 5.41) is 21.6. The number of ether oxygens (including phenoxy) is 1. The van der Waals surface area contributed by atoms with Crippen molar-refractivity contribution in [1.29, 1.82) is 0 Å². The summed E-state index contributed by atoms with van der Waals surface area (Å²) >= 11 is 5.93. The molecule has 1 aliphatic rings. The number of amides is 1. The Morgan fingerprint density at radius 2 is 1.85 bits per heavy atom. The Bertz CT molecular complexity index is 760. The summed E-state index contributed by atoms with van der Waals surface area (Å²) in [6.07, 6.45) is 0.748. The second-order valence-electron chi connectivity index (χ2n) is 5.66. The molecule has 0 unspecified atom stereocenters. The maximum Gasteiger partial charge on any atom is 0.309 e. The third kappa shape index (κ3) is 4.07. The van der Waals surface area contributed by atoms with Gasteiger partial charge in [0.25, 0.3) is 17.3 Å². The van der Waals surface area contributed by atoms with Crippen molar-refractivity contribution in [2.45, 2.75) is 19.8 Å². The Balaban J connectivity index is 2.24. The normalized spacial score (nSPS) is 14.8. The molecule has 1 saturated heterocycles. The Labute approximate surface area is 153 Å². The lowest BCUT2D eigenvalue weighted by Gasteiger charge is -2.31. The number of carbonyl (C=O) groups is 2. The molecule has 0 aromatic heterocycles. The van der Waals surface area contributed by atoms with Crippen molar-refractivity contribution in [2.75, 3.05) is 19.7 Å². The first-order valence-electron chi connectivity index (χ1n) is 7.84. The van der Waals surface area contributed by atoms with Gasteiger partial charge < -0.3 is 9.64 Å². The summed E-state index contributed by atoms with van der Waals surface area (Å²) in [6.45, 7) is 2.41. The Kier molecular flexibility index (Phi) is 6.09. The van der Waals surface area contributed by atoms with Crippen LogP contribution in [0.25, 0.3) is 0 Å². The molecule has 0 bridgehead atoms. The molecule has 140 valence electrons. The second kappa shape index (κ2) is 8.09. The lowest BCUT2D eigenvalue weighted by Crippen LogP contribution is -2.40. The van der Waals surface area contributed by atoms with Crippen LogP contribution in [0.15, 0.2) is 12.1 Å². The average molecular weight is 386 g/mol. The van der Waals surface area contributed by atoms with Crippen molar-refractivity contribution in [3.63, 3.8) is 0 Å². The van der Waals surface area contributed by atoms with E-state index in [0.29, 0.717) is 18.9 Å². The summed E-state index contributed by atoms with van der Waals surface area (Å²) in [4.78, 5) is 46.1. The first-order chi connectivity index (χ1) is 12.3. The molecular weight excluding hydrogens is 370 g/mol. The third-order valence-corrected chi connectivity index (χ3v) is 4.48. The van der Waals surface area contributed by atoms with Crippen LogP contribution in [0.3, 0.4) is 0 Å². The number of nitro groups is 2. The van der Waals surface area contributed by atoms with Crippen LogP contribution in [-0.2, 0) is 9.53 Å². The van der Waals surface area contributed by atoms with E-state index in [4.69, 9.17) is 16.3 Å². The fraction of sp³-hybridized carbons (Fsp3) is 0.467. The minimum Gasteiger partial charge on any atom is -0.466 e. The predicted octanol–water partition coefficient (Wildman–Crippen LogP) is 2.57. The summed E-state index contributed by atoms with van der Waals surface area (Å²) in [6, 6.07) is 1.64. The number of carbonyl (C=O) groups excluding carboxylic acids is 2. The molecule has 2 rings (SSSR count). The van der Waals surface area contributed by atoms with E-state index in [1.165, 1.54) is 4.90 Å². The van der Waals surface area contributed by atoms with E-state index in [1.807, 2.05) is 0 Å². The minimum absolute atomic E-state index is 0.217. The maximum absolute atomic E-state index is 12.7. The van der Waals surface area contributed by atoms with Crippen molar-refractivity contribution < 1.29 is 24.2 Å². The molecule has 1 heterocycles. The number of hydrogen-bond donors (Lipinski definition) is 0. The Morgan fingerprint density at radius 3 is 2.35 bits per heavy atom. The number of piperidine rings is 1. The van der Waals surface area contributed by atoms with Crippen LogP contribution in [0.1, 0.15) is 30.1 Å². The Hall–Kier alpha value is -2.75. The van der Waals surface area contributed by atoms with E-state index in [0.717, 1.165) is 6.07 Å². The van der Waals surface area contributed by atoms with Gasteiger partial charge in [0.1, 0.15) is 5.02 Å². The van der Waals surface area contributed by atoms with Crippen molar-refractivity contribution in [3.8, 4) is 0 Å². The van der Waals surface area contributed by atoms with Crippen molar-refractivity contribution in [1.82, 2.24) is 4.90 Å². The molecule has 0 atom stereocenters. The standard InChI is InChI=1S/C15H16ClN3O7/c1-2-26-15(21)9-3-5-17(6-4-9)14(20)11-7-10(18(22)23)8-12(13(11)16)19(24)25/h7-9H,2-6H2,1H3. The van der Waals surface area contributed by atoms with E-state index < -0.39 is 32.2 Å². The highest BCUT2D eigenvalue weighted by Gasteiger charge is 2.32. The first-order valence-corrected chi connectivity index (χ1v) is 8.22. The van der Waals surface area contributed by atoms with Crippen LogP contribution in [0, 0.1) is 26.1 Å². The monoisotopic (exact) mass is 385 g/mol. The van der Waals surface area contributed by atoms with E-state index >= 15 is 0 Å². The smallest absolute Gasteiger partial charge is 0.309 e. The van der Waals surface area contributed by atoms with Gasteiger partial charge >= 0.3 is 5.97 Å². The number of nitrogens with zero attached hydrogens (tertiary/aromatic N) is 3. The highest BCUT2D eigenvalue weighted by molar-refractivity contribution is 6.36. The van der Waals surface area contributed by atoms with Crippen LogP contribution in [-0.4, -0.2) is 46.3 Å². The molecule has 0 aliphatic carbocycles. The van der Waals surface area contributed by atoms with Gasteiger partial charge in [0.15, 0.2) is 0 Å². The molecule has 1 aliphatic heterocycles. The zero-order valence-electron chi connectivity index (χ0n) is 13.8. The van der Waals surface area contributed by atoms with Crippen LogP contribution in [0.2, 0.25) is 5.02 Å². The van der Waals surface area contributed by atoms with Gasteiger partial charge in [-0.2, -0.15) is 0 Å². The summed E-state index contributed by atoms with van der Waals surface area (Å²) < 4.78 is 4.95. The molecule has 11 heteroatoms. The third-order valence-electron chi connectivity index (χ3n) is 4.08. The van der Waals surface area contributed by atoms with Gasteiger partial charge in [-0.25, -0.2) is 0 Å². The van der Waals surface area contributed by atoms with Gasteiger partial charge in [0.2, 0.25) is 0 Å². The molecule has 26 heavy (non-hydrogen) atoms. The number of non-ortho nitro benzene ring substituents is 1. The molecule has 1 amide bonds. The number of hydrogen-bond acceptors (Lipinski definition) is 7. The van der Waals surface area contributed by atoms with Crippen molar-refractivity contribution in [3.05, 3.63) is 42.9 Å². The van der Waals surface area contributed by atoms with Gasteiger partial charge in [-0.3, -0.25) is 29.8 Å². The van der Waals surface area contributed by atoms with E-state index in [2.05, 4.69) is 0 Å². The van der Waals surface area contributed by atoms with Gasteiger partial charge in [-0.15, -0.1) is 0 Å². The minimum atomic E-state index is -0.876. The molecule has 0 spiro atoms. The van der Waals surface area contributed by atoms with E-state index in [-0.39, 0.29) is 37.1 Å². The van der Waals surface area contributed by atoms with Crippen molar-refractivity contribution in [2.24, 2.45) is 5.92 Å². The average Bonchev–Trinajstić information content (AvgIpc) is 2.61. The highest BCUT2D eigenvalue weighted by Crippen LogP contribution is 2.34. The van der Waals surface area contributed by atoms with Crippen LogP contribution in [0.5, 0.6) is 0 Å². The van der Waals surface area contributed by atoms with Gasteiger partial charge in [-0.05, 0) is 19.8 Å². The van der Waals surface area contributed by atoms with Gasteiger partial charge in [0.05, 0.1) is 34.0 Å². The molecule has 0 saturated carbocycles. The molecule has 10 nitrogen and oxygen atoms in total. The molecule has 0 radical (unpaired) electrons. The molecule has 1 fully saturated rings. The molecule has 0 N–H and O–H groups in total. The zero-order valence-corrected chi connectivity index (χ0v) is 14.6. The number of esters is 1. The lowest BCUT2D eigenvalue weighted by molar-refractivity contribution is -0.394. The first kappa shape index (κ1) is 19.6. The largest absolute Gasteiger partial charge is 0.466 e. The van der Waals surface area contributed by atoms with Crippen molar-refractivity contribution >= 4 is 34.9 Å². The number of halogens is 1. The second-order valence-corrected chi connectivity index (χ2v) is 6.04. The number of benzene rings is 1.